The first-order valence-corrected chi connectivity index (χ1v) is 7.10. The van der Waals surface area contributed by atoms with Crippen LogP contribution in [0, 0.1) is 0 Å². The van der Waals surface area contributed by atoms with Gasteiger partial charge in [0.05, 0.1) is 0 Å². The van der Waals surface area contributed by atoms with E-state index in [1.807, 2.05) is 0 Å². The standard InChI is InChI=1S/C14H16ClN3O2/c15-9-3-4-11-10(7-9)13(16)14(20)18(11)8-12(19)17-5-1-2-6-17/h3-4,7,13H,1-2,5-6,8,16H2. The van der Waals surface area contributed by atoms with E-state index in [1.165, 1.54) is 4.90 Å². The lowest BCUT2D eigenvalue weighted by atomic mass is 10.1. The van der Waals surface area contributed by atoms with Crippen molar-refractivity contribution in [3.8, 4) is 0 Å². The number of nitrogens with zero attached hydrogens (tertiary/aromatic N) is 2. The van der Waals surface area contributed by atoms with Crippen molar-refractivity contribution in [3.05, 3.63) is 28.8 Å². The third-order valence-electron chi connectivity index (χ3n) is 3.90. The van der Waals surface area contributed by atoms with E-state index in [1.54, 1.807) is 23.1 Å². The number of nitrogens with two attached hydrogens (primary N) is 1. The van der Waals surface area contributed by atoms with Crippen molar-refractivity contribution in [2.24, 2.45) is 5.73 Å². The summed E-state index contributed by atoms with van der Waals surface area (Å²) < 4.78 is 0. The van der Waals surface area contributed by atoms with Gasteiger partial charge in [-0.25, -0.2) is 0 Å². The van der Waals surface area contributed by atoms with Crippen molar-refractivity contribution in [1.29, 1.82) is 0 Å². The number of rotatable bonds is 2. The Morgan fingerprint density at radius 2 is 2.05 bits per heavy atom. The minimum atomic E-state index is -0.727. The molecule has 1 aromatic carbocycles. The fourth-order valence-corrected chi connectivity index (χ4v) is 2.99. The van der Waals surface area contributed by atoms with Crippen LogP contribution in [0.15, 0.2) is 18.2 Å². The van der Waals surface area contributed by atoms with Crippen molar-refractivity contribution in [2.45, 2.75) is 18.9 Å². The van der Waals surface area contributed by atoms with Gasteiger partial charge in [0.1, 0.15) is 12.6 Å². The van der Waals surface area contributed by atoms with Crippen LogP contribution in [0.5, 0.6) is 0 Å². The monoisotopic (exact) mass is 293 g/mol. The molecule has 5 nitrogen and oxygen atoms in total. The molecule has 1 unspecified atom stereocenters. The van der Waals surface area contributed by atoms with Crippen LogP contribution in [0.25, 0.3) is 0 Å². The zero-order valence-corrected chi connectivity index (χ0v) is 11.8. The molecule has 2 aliphatic heterocycles. The fourth-order valence-electron chi connectivity index (χ4n) is 2.80. The molecule has 1 aromatic rings. The summed E-state index contributed by atoms with van der Waals surface area (Å²) in [7, 11) is 0. The number of hydrogen-bond acceptors (Lipinski definition) is 3. The van der Waals surface area contributed by atoms with Crippen molar-refractivity contribution < 1.29 is 9.59 Å². The normalized spacial score (nSPS) is 21.5. The lowest BCUT2D eigenvalue weighted by Gasteiger charge is -2.21. The molecule has 0 aromatic heterocycles. The Morgan fingerprint density at radius 3 is 2.75 bits per heavy atom. The van der Waals surface area contributed by atoms with E-state index in [4.69, 9.17) is 17.3 Å². The van der Waals surface area contributed by atoms with E-state index in [2.05, 4.69) is 0 Å². The van der Waals surface area contributed by atoms with Crippen LogP contribution in [-0.2, 0) is 9.59 Å². The number of halogens is 1. The fraction of sp³-hybridized carbons (Fsp3) is 0.429. The van der Waals surface area contributed by atoms with Gasteiger partial charge in [-0.2, -0.15) is 0 Å². The summed E-state index contributed by atoms with van der Waals surface area (Å²) in [6, 6.07) is 4.42. The first-order valence-electron chi connectivity index (χ1n) is 6.72. The van der Waals surface area contributed by atoms with E-state index in [9.17, 15) is 9.59 Å². The lowest BCUT2D eigenvalue weighted by Crippen LogP contribution is -2.41. The summed E-state index contributed by atoms with van der Waals surface area (Å²) in [6.07, 6.45) is 2.07. The molecule has 6 heteroatoms. The van der Waals surface area contributed by atoms with Crippen molar-refractivity contribution in [3.63, 3.8) is 0 Å². The highest BCUT2D eigenvalue weighted by molar-refractivity contribution is 6.31. The molecule has 3 rings (SSSR count). The SMILES string of the molecule is NC1C(=O)N(CC(=O)N2CCCC2)c2ccc(Cl)cc21. The van der Waals surface area contributed by atoms with Gasteiger partial charge in [0.25, 0.3) is 0 Å². The third-order valence-corrected chi connectivity index (χ3v) is 4.13. The second-order valence-corrected chi connectivity index (χ2v) is 5.63. The van der Waals surface area contributed by atoms with E-state index >= 15 is 0 Å². The van der Waals surface area contributed by atoms with Crippen LogP contribution in [0.4, 0.5) is 5.69 Å². The molecule has 0 saturated carbocycles. The first-order chi connectivity index (χ1) is 9.58. The highest BCUT2D eigenvalue weighted by Gasteiger charge is 2.36. The number of amides is 2. The Hall–Kier alpha value is -1.59. The van der Waals surface area contributed by atoms with Crippen molar-refractivity contribution in [1.82, 2.24) is 4.90 Å². The van der Waals surface area contributed by atoms with Gasteiger partial charge in [0, 0.05) is 29.4 Å². The molecule has 0 radical (unpaired) electrons. The molecule has 2 N–H and O–H groups in total. The van der Waals surface area contributed by atoms with Gasteiger partial charge in [0.2, 0.25) is 11.8 Å². The third kappa shape index (κ3) is 2.17. The van der Waals surface area contributed by atoms with Crippen molar-refractivity contribution in [2.75, 3.05) is 24.5 Å². The average molecular weight is 294 g/mol. The van der Waals surface area contributed by atoms with Crippen LogP contribution in [-0.4, -0.2) is 36.3 Å². The molecule has 20 heavy (non-hydrogen) atoms. The maximum Gasteiger partial charge on any atom is 0.249 e. The predicted octanol–water partition coefficient (Wildman–Crippen LogP) is 1.31. The first kappa shape index (κ1) is 13.4. The second-order valence-electron chi connectivity index (χ2n) is 5.19. The van der Waals surface area contributed by atoms with Crippen LogP contribution in [0.3, 0.4) is 0 Å². The Labute approximate surface area is 122 Å². The van der Waals surface area contributed by atoms with Gasteiger partial charge in [-0.15, -0.1) is 0 Å². The lowest BCUT2D eigenvalue weighted by molar-refractivity contribution is -0.130. The molecule has 106 valence electrons. The van der Waals surface area contributed by atoms with Crippen LogP contribution in [0.2, 0.25) is 5.02 Å². The number of carbonyl (C=O) groups is 2. The van der Waals surface area contributed by atoms with E-state index in [-0.39, 0.29) is 18.4 Å². The van der Waals surface area contributed by atoms with Crippen LogP contribution < -0.4 is 10.6 Å². The van der Waals surface area contributed by atoms with Crippen LogP contribution >= 0.6 is 11.6 Å². The molecule has 0 aliphatic carbocycles. The Balaban J connectivity index is 1.83. The summed E-state index contributed by atoms with van der Waals surface area (Å²) in [5.74, 6) is -0.263. The Kier molecular flexibility index (Phi) is 3.40. The molecule has 2 aliphatic rings. The molecular weight excluding hydrogens is 278 g/mol. The minimum absolute atomic E-state index is 0.0224. The highest BCUT2D eigenvalue weighted by atomic mass is 35.5. The van der Waals surface area contributed by atoms with Gasteiger partial charge in [-0.1, -0.05) is 11.6 Å². The molecule has 1 atom stereocenters. The zero-order chi connectivity index (χ0) is 14.3. The highest BCUT2D eigenvalue weighted by Crippen LogP contribution is 2.36. The average Bonchev–Trinajstić information content (AvgIpc) is 3.03. The van der Waals surface area contributed by atoms with E-state index in [0.29, 0.717) is 16.3 Å². The number of likely N-dealkylation sites (tertiary alicyclic amines) is 1. The molecule has 1 saturated heterocycles. The predicted molar refractivity (Wildman–Crippen MR) is 76.5 cm³/mol. The molecular formula is C14H16ClN3O2. The van der Waals surface area contributed by atoms with Gasteiger partial charge in [-0.3, -0.25) is 9.59 Å². The minimum Gasteiger partial charge on any atom is -0.341 e. The summed E-state index contributed by atoms with van der Waals surface area (Å²) in [4.78, 5) is 27.7. The summed E-state index contributed by atoms with van der Waals surface area (Å²) in [5.41, 5.74) is 7.29. The van der Waals surface area contributed by atoms with Gasteiger partial charge in [-0.05, 0) is 31.0 Å². The maximum atomic E-state index is 12.2. The van der Waals surface area contributed by atoms with Crippen molar-refractivity contribution >= 4 is 29.1 Å². The summed E-state index contributed by atoms with van der Waals surface area (Å²) in [6.45, 7) is 1.61. The largest absolute Gasteiger partial charge is 0.341 e. The summed E-state index contributed by atoms with van der Waals surface area (Å²) in [5, 5.41) is 0.541. The molecule has 2 heterocycles. The van der Waals surface area contributed by atoms with Crippen LogP contribution in [0.1, 0.15) is 24.4 Å². The topological polar surface area (TPSA) is 66.6 Å². The number of anilines is 1. The van der Waals surface area contributed by atoms with Gasteiger partial charge in [0.15, 0.2) is 0 Å². The zero-order valence-electron chi connectivity index (χ0n) is 11.0. The molecule has 2 amide bonds. The van der Waals surface area contributed by atoms with E-state index < -0.39 is 6.04 Å². The number of fused-ring (bicyclic) bond motifs is 1. The van der Waals surface area contributed by atoms with E-state index in [0.717, 1.165) is 25.9 Å². The maximum absolute atomic E-state index is 12.2. The van der Waals surface area contributed by atoms with Gasteiger partial charge >= 0.3 is 0 Å². The molecule has 0 bridgehead atoms. The number of carbonyl (C=O) groups excluding carboxylic acids is 2. The summed E-state index contributed by atoms with van der Waals surface area (Å²) >= 11 is 5.93. The number of benzene rings is 1. The smallest absolute Gasteiger partial charge is 0.249 e. The molecule has 1 fully saturated rings. The Bertz CT molecular complexity index is 570. The number of hydrogen-bond donors (Lipinski definition) is 1. The quantitative estimate of drug-likeness (QED) is 0.894. The second kappa shape index (κ2) is 5.07. The van der Waals surface area contributed by atoms with Gasteiger partial charge < -0.3 is 15.5 Å². The Morgan fingerprint density at radius 1 is 1.35 bits per heavy atom. The molecule has 0 spiro atoms.